The van der Waals surface area contributed by atoms with Gasteiger partial charge in [0.1, 0.15) is 12.4 Å². The third-order valence-corrected chi connectivity index (χ3v) is 2.33. The maximum Gasteiger partial charge on any atom is 0.251 e. The molecule has 0 unspecified atom stereocenters. The second kappa shape index (κ2) is 7.50. The van der Waals surface area contributed by atoms with Gasteiger partial charge in [0, 0.05) is 18.7 Å². The van der Waals surface area contributed by atoms with Gasteiger partial charge in [-0.15, -0.1) is 6.58 Å². The van der Waals surface area contributed by atoms with Crippen LogP contribution in [0.3, 0.4) is 0 Å². The Morgan fingerprint density at radius 3 is 2.61 bits per heavy atom. The zero-order chi connectivity index (χ0) is 13.4. The maximum absolute atomic E-state index is 11.6. The van der Waals surface area contributed by atoms with E-state index in [1.807, 2.05) is 14.1 Å². The third-order valence-electron chi connectivity index (χ3n) is 2.33. The summed E-state index contributed by atoms with van der Waals surface area (Å²) in [5, 5.41) is 2.72. The molecule has 1 rings (SSSR count). The quantitative estimate of drug-likeness (QED) is 0.744. The van der Waals surface area contributed by atoms with Crippen LogP contribution in [0.4, 0.5) is 0 Å². The Bertz CT molecular complexity index is 385. The van der Waals surface area contributed by atoms with E-state index in [1.54, 1.807) is 30.3 Å². The summed E-state index contributed by atoms with van der Waals surface area (Å²) in [5.41, 5.74) is 0.622. The van der Waals surface area contributed by atoms with Crippen molar-refractivity contribution in [2.75, 3.05) is 33.8 Å². The summed E-state index contributed by atoms with van der Waals surface area (Å²) in [4.78, 5) is 13.7. The molecular weight excluding hydrogens is 228 g/mol. The molecule has 0 fully saturated rings. The van der Waals surface area contributed by atoms with E-state index >= 15 is 0 Å². The van der Waals surface area contributed by atoms with Crippen LogP contribution in [-0.2, 0) is 0 Å². The lowest BCUT2D eigenvalue weighted by molar-refractivity contribution is 0.0958. The minimum absolute atomic E-state index is 0.102. The third kappa shape index (κ3) is 5.01. The molecule has 4 nitrogen and oxygen atoms in total. The second-order valence-electron chi connectivity index (χ2n) is 4.17. The Morgan fingerprint density at radius 2 is 2.06 bits per heavy atom. The molecule has 1 amide bonds. The van der Waals surface area contributed by atoms with E-state index in [1.165, 1.54) is 0 Å². The summed E-state index contributed by atoms with van der Waals surface area (Å²) in [6.07, 6.45) is 1.65. The fourth-order valence-electron chi connectivity index (χ4n) is 1.32. The van der Waals surface area contributed by atoms with Gasteiger partial charge in [0.2, 0.25) is 0 Å². The summed E-state index contributed by atoms with van der Waals surface area (Å²) < 4.78 is 5.54. The second-order valence-corrected chi connectivity index (χ2v) is 4.17. The molecule has 1 aromatic rings. The summed E-state index contributed by atoms with van der Waals surface area (Å²) in [6.45, 7) is 5.52. The van der Waals surface area contributed by atoms with E-state index in [2.05, 4.69) is 16.8 Å². The fourth-order valence-corrected chi connectivity index (χ4v) is 1.32. The highest BCUT2D eigenvalue weighted by molar-refractivity contribution is 5.94. The van der Waals surface area contributed by atoms with E-state index in [9.17, 15) is 4.79 Å². The van der Waals surface area contributed by atoms with Gasteiger partial charge >= 0.3 is 0 Å². The van der Waals surface area contributed by atoms with Crippen LogP contribution in [0.25, 0.3) is 0 Å². The molecule has 0 heterocycles. The number of hydrogen-bond donors (Lipinski definition) is 1. The summed E-state index contributed by atoms with van der Waals surface area (Å²) in [5.74, 6) is 0.673. The van der Waals surface area contributed by atoms with Gasteiger partial charge in [-0.1, -0.05) is 6.08 Å². The number of nitrogens with zero attached hydrogens (tertiary/aromatic N) is 1. The van der Waals surface area contributed by atoms with Gasteiger partial charge in [-0.05, 0) is 38.4 Å². The summed E-state index contributed by atoms with van der Waals surface area (Å²) >= 11 is 0. The van der Waals surface area contributed by atoms with E-state index in [-0.39, 0.29) is 5.91 Å². The Hall–Kier alpha value is -1.81. The van der Waals surface area contributed by atoms with Crippen molar-refractivity contribution in [3.8, 4) is 5.75 Å². The van der Waals surface area contributed by atoms with Gasteiger partial charge in [0.15, 0.2) is 0 Å². The standard InChI is InChI=1S/C14H20N2O2/c1-4-9-15-14(17)12-5-7-13(8-6-12)18-11-10-16(2)3/h4-8H,1,9-11H2,2-3H3,(H,15,17). The first-order valence-corrected chi connectivity index (χ1v) is 5.90. The van der Waals surface area contributed by atoms with E-state index < -0.39 is 0 Å². The molecule has 98 valence electrons. The molecule has 0 aliphatic heterocycles. The van der Waals surface area contributed by atoms with Crippen LogP contribution in [0.1, 0.15) is 10.4 Å². The largest absolute Gasteiger partial charge is 0.492 e. The lowest BCUT2D eigenvalue weighted by Gasteiger charge is -2.11. The van der Waals surface area contributed by atoms with Crippen LogP contribution in [-0.4, -0.2) is 44.6 Å². The van der Waals surface area contributed by atoms with Gasteiger partial charge in [-0.25, -0.2) is 0 Å². The normalized spacial score (nSPS) is 10.2. The van der Waals surface area contributed by atoms with Crippen molar-refractivity contribution in [2.24, 2.45) is 0 Å². The van der Waals surface area contributed by atoms with Crippen molar-refractivity contribution in [2.45, 2.75) is 0 Å². The first-order valence-electron chi connectivity index (χ1n) is 5.90. The SMILES string of the molecule is C=CCNC(=O)c1ccc(OCCN(C)C)cc1. The Morgan fingerprint density at radius 1 is 1.39 bits per heavy atom. The molecule has 0 saturated heterocycles. The van der Waals surface area contributed by atoms with E-state index in [0.717, 1.165) is 12.3 Å². The van der Waals surface area contributed by atoms with Crippen molar-refractivity contribution in [3.05, 3.63) is 42.5 Å². The Labute approximate surface area is 108 Å². The molecule has 0 atom stereocenters. The van der Waals surface area contributed by atoms with Crippen molar-refractivity contribution >= 4 is 5.91 Å². The average molecular weight is 248 g/mol. The van der Waals surface area contributed by atoms with Crippen LogP contribution < -0.4 is 10.1 Å². The molecule has 0 spiro atoms. The Balaban J connectivity index is 2.46. The van der Waals surface area contributed by atoms with Gasteiger partial charge < -0.3 is 15.0 Å². The van der Waals surface area contributed by atoms with Crippen molar-refractivity contribution in [1.29, 1.82) is 0 Å². The molecule has 18 heavy (non-hydrogen) atoms. The van der Waals surface area contributed by atoms with Crippen LogP contribution in [0.2, 0.25) is 0 Å². The van der Waals surface area contributed by atoms with Crippen LogP contribution >= 0.6 is 0 Å². The molecule has 4 heteroatoms. The molecule has 0 aliphatic carbocycles. The van der Waals surface area contributed by atoms with Crippen LogP contribution in [0.15, 0.2) is 36.9 Å². The van der Waals surface area contributed by atoms with Crippen LogP contribution in [0.5, 0.6) is 5.75 Å². The minimum atomic E-state index is -0.102. The first-order chi connectivity index (χ1) is 8.63. The smallest absolute Gasteiger partial charge is 0.251 e. The van der Waals surface area contributed by atoms with Gasteiger partial charge in [0.25, 0.3) is 5.91 Å². The van der Waals surface area contributed by atoms with Crippen LogP contribution in [0, 0.1) is 0 Å². The van der Waals surface area contributed by atoms with Crippen molar-refractivity contribution in [3.63, 3.8) is 0 Å². The van der Waals surface area contributed by atoms with Crippen molar-refractivity contribution < 1.29 is 9.53 Å². The number of hydrogen-bond acceptors (Lipinski definition) is 3. The lowest BCUT2D eigenvalue weighted by atomic mass is 10.2. The van der Waals surface area contributed by atoms with Crippen molar-refractivity contribution in [1.82, 2.24) is 10.2 Å². The number of ether oxygens (including phenoxy) is 1. The number of carbonyl (C=O) groups excluding carboxylic acids is 1. The Kier molecular flexibility index (Phi) is 5.94. The number of benzene rings is 1. The maximum atomic E-state index is 11.6. The molecule has 1 N–H and O–H groups in total. The predicted octanol–water partition coefficient (Wildman–Crippen LogP) is 1.54. The van der Waals surface area contributed by atoms with E-state index in [0.29, 0.717) is 18.7 Å². The summed E-state index contributed by atoms with van der Waals surface area (Å²) in [6, 6.07) is 7.11. The molecule has 0 aromatic heterocycles. The number of amides is 1. The fraction of sp³-hybridized carbons (Fsp3) is 0.357. The molecule has 0 radical (unpaired) electrons. The monoisotopic (exact) mass is 248 g/mol. The molecule has 0 aliphatic rings. The molecular formula is C14H20N2O2. The topological polar surface area (TPSA) is 41.6 Å². The molecule has 1 aromatic carbocycles. The van der Waals surface area contributed by atoms with Gasteiger partial charge in [0.05, 0.1) is 0 Å². The molecule has 0 saturated carbocycles. The molecule has 0 bridgehead atoms. The minimum Gasteiger partial charge on any atom is -0.492 e. The zero-order valence-electron chi connectivity index (χ0n) is 11.0. The lowest BCUT2D eigenvalue weighted by Crippen LogP contribution is -2.23. The average Bonchev–Trinajstić information content (AvgIpc) is 2.36. The van der Waals surface area contributed by atoms with Gasteiger partial charge in [-0.3, -0.25) is 4.79 Å². The van der Waals surface area contributed by atoms with E-state index in [4.69, 9.17) is 4.74 Å². The highest BCUT2D eigenvalue weighted by atomic mass is 16.5. The number of carbonyl (C=O) groups is 1. The number of rotatable bonds is 7. The van der Waals surface area contributed by atoms with Gasteiger partial charge in [-0.2, -0.15) is 0 Å². The predicted molar refractivity (Wildman–Crippen MR) is 73.0 cm³/mol. The summed E-state index contributed by atoms with van der Waals surface area (Å²) in [7, 11) is 3.99. The number of likely N-dealkylation sites (N-methyl/N-ethyl adjacent to an activating group) is 1. The number of nitrogens with one attached hydrogen (secondary N) is 1. The highest BCUT2D eigenvalue weighted by Gasteiger charge is 2.03. The highest BCUT2D eigenvalue weighted by Crippen LogP contribution is 2.12. The first kappa shape index (κ1) is 14.3. The zero-order valence-corrected chi connectivity index (χ0v) is 11.0.